The van der Waals surface area contributed by atoms with E-state index in [1.165, 1.54) is 11.3 Å². The Bertz CT molecular complexity index is 997. The van der Waals surface area contributed by atoms with E-state index in [1.54, 1.807) is 17.7 Å². The lowest BCUT2D eigenvalue weighted by atomic mass is 10.1. The quantitative estimate of drug-likeness (QED) is 0.499. The second kappa shape index (κ2) is 7.72. The lowest BCUT2D eigenvalue weighted by Crippen LogP contribution is -2.08. The zero-order valence-electron chi connectivity index (χ0n) is 14.5. The fourth-order valence-corrected chi connectivity index (χ4v) is 3.70. The van der Waals surface area contributed by atoms with Crippen LogP contribution in [-0.4, -0.2) is 24.1 Å². The molecule has 2 heterocycles. The fourth-order valence-electron chi connectivity index (χ4n) is 2.78. The Morgan fingerprint density at radius 1 is 0.923 bits per heavy atom. The Morgan fingerprint density at radius 2 is 1.65 bits per heavy atom. The summed E-state index contributed by atoms with van der Waals surface area (Å²) in [7, 11) is 4.07. The molecule has 0 aliphatic rings. The van der Waals surface area contributed by atoms with Crippen LogP contribution in [0.3, 0.4) is 0 Å². The molecule has 4 nitrogen and oxygen atoms in total. The monoisotopic (exact) mass is 382 g/mol. The summed E-state index contributed by atoms with van der Waals surface area (Å²) in [6, 6.07) is 18.7. The second-order valence-corrected chi connectivity index (χ2v) is 6.84. The van der Waals surface area contributed by atoms with Crippen LogP contribution in [0.25, 0.3) is 21.3 Å². The lowest BCUT2D eigenvalue weighted by Gasteiger charge is -2.13. The summed E-state index contributed by atoms with van der Waals surface area (Å²) in [6.45, 7) is 0. The van der Waals surface area contributed by atoms with E-state index in [-0.39, 0.29) is 12.4 Å². The first-order chi connectivity index (χ1) is 12.2. The van der Waals surface area contributed by atoms with Gasteiger partial charge in [-0.15, -0.1) is 23.7 Å². The molecule has 0 bridgehead atoms. The number of rotatable bonds is 4. The molecule has 0 spiro atoms. The predicted octanol–water partition coefficient (Wildman–Crippen LogP) is 5.59. The third kappa shape index (κ3) is 3.49. The van der Waals surface area contributed by atoms with Crippen molar-refractivity contribution in [3.8, 4) is 11.1 Å². The van der Waals surface area contributed by atoms with Crippen LogP contribution in [0.5, 0.6) is 0 Å². The number of anilines is 3. The number of hydrogen-bond donors (Lipinski definition) is 1. The highest BCUT2D eigenvalue weighted by atomic mass is 35.5. The number of aromatic nitrogens is 2. The first kappa shape index (κ1) is 18.2. The van der Waals surface area contributed by atoms with E-state index in [2.05, 4.69) is 74.1 Å². The molecule has 0 saturated carbocycles. The molecule has 0 amide bonds. The van der Waals surface area contributed by atoms with Gasteiger partial charge in [-0.2, -0.15) is 0 Å². The molecule has 0 unspecified atom stereocenters. The Kier molecular flexibility index (Phi) is 5.40. The van der Waals surface area contributed by atoms with Crippen molar-refractivity contribution in [2.75, 3.05) is 24.3 Å². The van der Waals surface area contributed by atoms with Gasteiger partial charge in [0.1, 0.15) is 17.0 Å². The van der Waals surface area contributed by atoms with E-state index in [4.69, 9.17) is 0 Å². The van der Waals surface area contributed by atoms with Crippen molar-refractivity contribution in [3.63, 3.8) is 0 Å². The molecule has 1 N–H and O–H groups in total. The van der Waals surface area contributed by atoms with Crippen molar-refractivity contribution in [2.24, 2.45) is 0 Å². The SMILES string of the molecule is CN(C)c1ccc(Nc2ncnc3scc(-c4ccccc4)c23)cc1.Cl. The predicted molar refractivity (Wildman–Crippen MR) is 114 cm³/mol. The van der Waals surface area contributed by atoms with Crippen LogP contribution < -0.4 is 10.2 Å². The molecule has 2 aromatic carbocycles. The highest BCUT2D eigenvalue weighted by Crippen LogP contribution is 2.37. The highest BCUT2D eigenvalue weighted by Gasteiger charge is 2.13. The number of fused-ring (bicyclic) bond motifs is 1. The average Bonchev–Trinajstić information content (AvgIpc) is 3.08. The molecule has 0 saturated heterocycles. The zero-order chi connectivity index (χ0) is 17.2. The van der Waals surface area contributed by atoms with E-state index < -0.39 is 0 Å². The first-order valence-electron chi connectivity index (χ1n) is 8.04. The highest BCUT2D eigenvalue weighted by molar-refractivity contribution is 7.17. The number of hydrogen-bond acceptors (Lipinski definition) is 5. The Balaban J connectivity index is 0.00000196. The number of benzene rings is 2. The van der Waals surface area contributed by atoms with Gasteiger partial charge in [0.2, 0.25) is 0 Å². The minimum absolute atomic E-state index is 0. The molecule has 0 radical (unpaired) electrons. The largest absolute Gasteiger partial charge is 0.378 e. The molecule has 0 aliphatic heterocycles. The molecule has 2 aromatic heterocycles. The van der Waals surface area contributed by atoms with E-state index in [0.29, 0.717) is 0 Å². The van der Waals surface area contributed by atoms with Crippen molar-refractivity contribution in [3.05, 3.63) is 66.3 Å². The molecule has 4 aromatic rings. The van der Waals surface area contributed by atoms with Gasteiger partial charge in [0.15, 0.2) is 0 Å². The van der Waals surface area contributed by atoms with Crippen LogP contribution in [0, 0.1) is 0 Å². The first-order valence-corrected chi connectivity index (χ1v) is 8.92. The maximum atomic E-state index is 4.49. The smallest absolute Gasteiger partial charge is 0.143 e. The average molecular weight is 383 g/mol. The molecule has 4 rings (SSSR count). The standard InChI is InChI=1S/C20H18N4S.ClH/c1-24(2)16-10-8-15(9-11-16)23-19-18-17(14-6-4-3-5-7-14)12-25-20(18)22-13-21-19;/h3-13H,1-2H3,(H,21,22,23);1H. The molecule has 26 heavy (non-hydrogen) atoms. The molecular weight excluding hydrogens is 364 g/mol. The maximum absolute atomic E-state index is 4.49. The number of nitrogens with zero attached hydrogens (tertiary/aromatic N) is 3. The van der Waals surface area contributed by atoms with Gasteiger partial charge in [0.05, 0.1) is 5.39 Å². The third-order valence-corrected chi connectivity index (χ3v) is 4.99. The van der Waals surface area contributed by atoms with Crippen molar-refractivity contribution < 1.29 is 0 Å². The van der Waals surface area contributed by atoms with Crippen LogP contribution in [0.15, 0.2) is 66.3 Å². The molecular formula is C20H19ClN4S. The van der Waals surface area contributed by atoms with Gasteiger partial charge in [-0.05, 0) is 29.8 Å². The van der Waals surface area contributed by atoms with E-state index >= 15 is 0 Å². The van der Waals surface area contributed by atoms with Gasteiger partial charge in [0, 0.05) is 36.4 Å². The van der Waals surface area contributed by atoms with E-state index in [1.807, 2.05) is 20.2 Å². The normalized spacial score (nSPS) is 10.4. The van der Waals surface area contributed by atoms with E-state index in [9.17, 15) is 0 Å². The zero-order valence-corrected chi connectivity index (χ0v) is 16.1. The third-order valence-electron chi connectivity index (χ3n) is 4.10. The number of thiophene rings is 1. The van der Waals surface area contributed by atoms with Gasteiger partial charge in [0.25, 0.3) is 0 Å². The van der Waals surface area contributed by atoms with Crippen LogP contribution >= 0.6 is 23.7 Å². The topological polar surface area (TPSA) is 41.0 Å². The Hall–Kier alpha value is -2.63. The van der Waals surface area contributed by atoms with Gasteiger partial charge >= 0.3 is 0 Å². The van der Waals surface area contributed by atoms with Crippen LogP contribution in [0.4, 0.5) is 17.2 Å². The minimum Gasteiger partial charge on any atom is -0.378 e. The van der Waals surface area contributed by atoms with Crippen molar-refractivity contribution >= 4 is 51.2 Å². The lowest BCUT2D eigenvalue weighted by molar-refractivity contribution is 1.13. The van der Waals surface area contributed by atoms with Crippen molar-refractivity contribution in [1.29, 1.82) is 0 Å². The summed E-state index contributed by atoms with van der Waals surface area (Å²) in [4.78, 5) is 12.0. The van der Waals surface area contributed by atoms with Gasteiger partial charge in [-0.25, -0.2) is 9.97 Å². The Labute approximate surface area is 162 Å². The molecule has 0 aliphatic carbocycles. The number of halogens is 1. The fraction of sp³-hybridized carbons (Fsp3) is 0.100. The summed E-state index contributed by atoms with van der Waals surface area (Å²) >= 11 is 1.64. The van der Waals surface area contributed by atoms with Crippen LogP contribution in [-0.2, 0) is 0 Å². The summed E-state index contributed by atoms with van der Waals surface area (Å²) in [5.74, 6) is 0.836. The van der Waals surface area contributed by atoms with Crippen LogP contribution in [0.2, 0.25) is 0 Å². The van der Waals surface area contributed by atoms with Crippen LogP contribution in [0.1, 0.15) is 0 Å². The summed E-state index contributed by atoms with van der Waals surface area (Å²) in [6.07, 6.45) is 1.62. The number of nitrogens with one attached hydrogen (secondary N) is 1. The second-order valence-electron chi connectivity index (χ2n) is 5.98. The van der Waals surface area contributed by atoms with Gasteiger partial charge < -0.3 is 10.2 Å². The summed E-state index contributed by atoms with van der Waals surface area (Å²) in [5.41, 5.74) is 4.51. The summed E-state index contributed by atoms with van der Waals surface area (Å²) in [5, 5.41) is 6.66. The maximum Gasteiger partial charge on any atom is 0.143 e. The molecule has 0 atom stereocenters. The summed E-state index contributed by atoms with van der Waals surface area (Å²) < 4.78 is 0. The molecule has 6 heteroatoms. The molecule has 0 fully saturated rings. The van der Waals surface area contributed by atoms with Gasteiger partial charge in [-0.1, -0.05) is 30.3 Å². The van der Waals surface area contributed by atoms with Crippen molar-refractivity contribution in [1.82, 2.24) is 9.97 Å². The van der Waals surface area contributed by atoms with E-state index in [0.717, 1.165) is 27.3 Å². The Morgan fingerprint density at radius 3 is 2.35 bits per heavy atom. The molecule has 132 valence electrons. The van der Waals surface area contributed by atoms with Gasteiger partial charge in [-0.3, -0.25) is 0 Å². The minimum atomic E-state index is 0. The van der Waals surface area contributed by atoms with Crippen molar-refractivity contribution in [2.45, 2.75) is 0 Å².